The van der Waals surface area contributed by atoms with Crippen LogP contribution in [0.4, 0.5) is 13.2 Å². The second-order valence-corrected chi connectivity index (χ2v) is 5.48. The number of aliphatic hydroxyl groups is 1. The molecule has 0 fully saturated rings. The minimum absolute atomic E-state index is 0.0141. The molecule has 1 heterocycles. The number of hydrogen-bond donors (Lipinski definition) is 2. The van der Waals surface area contributed by atoms with Crippen LogP contribution >= 0.6 is 11.6 Å². The lowest BCUT2D eigenvalue weighted by atomic mass is 10.1. The predicted octanol–water partition coefficient (Wildman–Crippen LogP) is 3.61. The van der Waals surface area contributed by atoms with Gasteiger partial charge >= 0.3 is 6.18 Å². The molecule has 8 heteroatoms. The maximum absolute atomic E-state index is 12.4. The Hall–Kier alpha value is -2.12. The molecule has 4 nitrogen and oxygen atoms in total. The number of amides is 1. The van der Waals surface area contributed by atoms with E-state index < -0.39 is 23.9 Å². The Bertz CT molecular complexity index is 705. The van der Waals surface area contributed by atoms with Crippen LogP contribution in [0.5, 0.6) is 0 Å². The highest BCUT2D eigenvalue weighted by atomic mass is 35.5. The van der Waals surface area contributed by atoms with Gasteiger partial charge in [0.1, 0.15) is 5.69 Å². The standard InChI is InChI=1S/C16H14ClF3N2O2/c17-12-3-1-2-10(8-12)13(23)6-7-21-15(24)11-4-5-14(22-9-11)16(18,19)20/h1-5,8-9,13,23H,6-7H2,(H,21,24)/t13-/m0/s1. The largest absolute Gasteiger partial charge is 0.433 e. The van der Waals surface area contributed by atoms with E-state index in [1.807, 2.05) is 0 Å². The molecule has 0 unspecified atom stereocenters. The fourth-order valence-corrected chi connectivity index (χ4v) is 2.20. The van der Waals surface area contributed by atoms with Crippen LogP contribution in [0.25, 0.3) is 0 Å². The average Bonchev–Trinajstić information content (AvgIpc) is 2.54. The molecule has 1 atom stereocenters. The third kappa shape index (κ3) is 4.94. The maximum atomic E-state index is 12.4. The highest BCUT2D eigenvalue weighted by Crippen LogP contribution is 2.27. The lowest BCUT2D eigenvalue weighted by Crippen LogP contribution is -2.26. The lowest BCUT2D eigenvalue weighted by Gasteiger charge is -2.12. The molecule has 0 bridgehead atoms. The zero-order valence-corrected chi connectivity index (χ0v) is 13.1. The zero-order valence-electron chi connectivity index (χ0n) is 12.3. The van der Waals surface area contributed by atoms with Gasteiger partial charge in [-0.15, -0.1) is 0 Å². The van der Waals surface area contributed by atoms with E-state index in [0.29, 0.717) is 10.6 Å². The molecule has 0 aliphatic heterocycles. The minimum Gasteiger partial charge on any atom is -0.388 e. The summed E-state index contributed by atoms with van der Waals surface area (Å²) in [6, 6.07) is 8.50. The quantitative estimate of drug-likeness (QED) is 0.858. The summed E-state index contributed by atoms with van der Waals surface area (Å²) in [7, 11) is 0. The Balaban J connectivity index is 1.87. The number of rotatable bonds is 5. The number of pyridine rings is 1. The number of hydrogen-bond acceptors (Lipinski definition) is 3. The van der Waals surface area contributed by atoms with E-state index >= 15 is 0 Å². The number of halogens is 4. The first kappa shape index (κ1) is 18.2. The summed E-state index contributed by atoms with van der Waals surface area (Å²) in [5, 5.41) is 13.0. The van der Waals surface area contributed by atoms with Crippen LogP contribution < -0.4 is 5.32 Å². The number of carbonyl (C=O) groups excluding carboxylic acids is 1. The van der Waals surface area contributed by atoms with Crippen molar-refractivity contribution < 1.29 is 23.1 Å². The number of carbonyl (C=O) groups is 1. The molecule has 0 spiro atoms. The van der Waals surface area contributed by atoms with E-state index in [9.17, 15) is 23.1 Å². The molecule has 2 aromatic rings. The molecule has 2 rings (SSSR count). The van der Waals surface area contributed by atoms with Crippen molar-refractivity contribution in [3.8, 4) is 0 Å². The van der Waals surface area contributed by atoms with Crippen molar-refractivity contribution in [3.05, 3.63) is 64.4 Å². The van der Waals surface area contributed by atoms with Crippen molar-refractivity contribution in [2.45, 2.75) is 18.7 Å². The van der Waals surface area contributed by atoms with Crippen molar-refractivity contribution in [1.29, 1.82) is 0 Å². The third-order valence-corrected chi connectivity index (χ3v) is 3.49. The molecular formula is C16H14ClF3N2O2. The van der Waals surface area contributed by atoms with Gasteiger partial charge < -0.3 is 10.4 Å². The molecule has 1 amide bonds. The molecular weight excluding hydrogens is 345 g/mol. The summed E-state index contributed by atoms with van der Waals surface area (Å²) in [6.07, 6.45) is -4.25. The molecule has 0 aliphatic carbocycles. The number of alkyl halides is 3. The first-order valence-electron chi connectivity index (χ1n) is 7.02. The second kappa shape index (κ2) is 7.63. The van der Waals surface area contributed by atoms with Crippen LogP contribution in [0.3, 0.4) is 0 Å². The Morgan fingerprint density at radius 1 is 1.29 bits per heavy atom. The van der Waals surface area contributed by atoms with Crippen molar-refractivity contribution in [3.63, 3.8) is 0 Å². The first-order chi connectivity index (χ1) is 11.3. The molecule has 1 aromatic heterocycles. The SMILES string of the molecule is O=C(NCC[C@H](O)c1cccc(Cl)c1)c1ccc(C(F)(F)F)nc1. The van der Waals surface area contributed by atoms with Crippen LogP contribution in [0.1, 0.15) is 34.1 Å². The maximum Gasteiger partial charge on any atom is 0.433 e. The highest BCUT2D eigenvalue weighted by Gasteiger charge is 2.32. The van der Waals surface area contributed by atoms with Crippen molar-refractivity contribution in [2.24, 2.45) is 0 Å². The summed E-state index contributed by atoms with van der Waals surface area (Å²) in [6.45, 7) is 0.146. The van der Waals surface area contributed by atoms with Gasteiger partial charge in [0.15, 0.2) is 0 Å². The van der Waals surface area contributed by atoms with Gasteiger partial charge in [0.25, 0.3) is 5.91 Å². The minimum atomic E-state index is -4.55. The molecule has 0 radical (unpaired) electrons. The van der Waals surface area contributed by atoms with Gasteiger partial charge in [0.2, 0.25) is 0 Å². The van der Waals surface area contributed by atoms with Crippen LogP contribution in [-0.2, 0) is 6.18 Å². The lowest BCUT2D eigenvalue weighted by molar-refractivity contribution is -0.141. The van der Waals surface area contributed by atoms with E-state index in [2.05, 4.69) is 10.3 Å². The summed E-state index contributed by atoms with van der Waals surface area (Å²) < 4.78 is 37.2. The fourth-order valence-electron chi connectivity index (χ4n) is 2.00. The molecule has 128 valence electrons. The Kier molecular flexibility index (Phi) is 5.80. The topological polar surface area (TPSA) is 62.2 Å². The second-order valence-electron chi connectivity index (χ2n) is 5.05. The fraction of sp³-hybridized carbons (Fsp3) is 0.250. The first-order valence-corrected chi connectivity index (χ1v) is 7.40. The van der Waals surface area contributed by atoms with Crippen LogP contribution in [0.15, 0.2) is 42.6 Å². The smallest absolute Gasteiger partial charge is 0.388 e. The van der Waals surface area contributed by atoms with Gasteiger partial charge in [0.05, 0.1) is 11.7 Å². The average molecular weight is 359 g/mol. The van der Waals surface area contributed by atoms with Gasteiger partial charge in [0, 0.05) is 17.8 Å². The molecule has 0 aliphatic rings. The number of nitrogens with zero attached hydrogens (tertiary/aromatic N) is 1. The van der Waals surface area contributed by atoms with E-state index in [1.54, 1.807) is 24.3 Å². The number of nitrogens with one attached hydrogen (secondary N) is 1. The van der Waals surface area contributed by atoms with E-state index in [-0.39, 0.29) is 18.5 Å². The molecule has 0 saturated heterocycles. The van der Waals surface area contributed by atoms with Gasteiger partial charge in [-0.2, -0.15) is 13.2 Å². The van der Waals surface area contributed by atoms with Gasteiger partial charge in [-0.05, 0) is 36.2 Å². The van der Waals surface area contributed by atoms with Crippen LogP contribution in [-0.4, -0.2) is 22.5 Å². The van der Waals surface area contributed by atoms with Crippen LogP contribution in [0.2, 0.25) is 5.02 Å². The van der Waals surface area contributed by atoms with Crippen molar-refractivity contribution >= 4 is 17.5 Å². The van der Waals surface area contributed by atoms with Crippen molar-refractivity contribution in [2.75, 3.05) is 6.54 Å². The third-order valence-electron chi connectivity index (χ3n) is 3.25. The normalized spacial score (nSPS) is 12.7. The summed E-state index contributed by atoms with van der Waals surface area (Å²) >= 11 is 5.83. The summed E-state index contributed by atoms with van der Waals surface area (Å²) in [5.41, 5.74) is -0.427. The predicted molar refractivity (Wildman–Crippen MR) is 82.6 cm³/mol. The van der Waals surface area contributed by atoms with Gasteiger partial charge in [-0.25, -0.2) is 0 Å². The summed E-state index contributed by atoms with van der Waals surface area (Å²) in [5.74, 6) is -0.561. The highest BCUT2D eigenvalue weighted by molar-refractivity contribution is 6.30. The van der Waals surface area contributed by atoms with E-state index in [0.717, 1.165) is 18.3 Å². The number of aromatic nitrogens is 1. The summed E-state index contributed by atoms with van der Waals surface area (Å²) in [4.78, 5) is 15.1. The Labute approximate surface area is 141 Å². The number of benzene rings is 1. The van der Waals surface area contributed by atoms with Crippen LogP contribution in [0, 0.1) is 0 Å². The number of aliphatic hydroxyl groups excluding tert-OH is 1. The van der Waals surface area contributed by atoms with E-state index in [1.165, 1.54) is 0 Å². The van der Waals surface area contributed by atoms with Crippen molar-refractivity contribution in [1.82, 2.24) is 10.3 Å². The zero-order chi connectivity index (χ0) is 17.7. The molecule has 24 heavy (non-hydrogen) atoms. The molecule has 2 N–H and O–H groups in total. The Morgan fingerprint density at radius 2 is 2.04 bits per heavy atom. The Morgan fingerprint density at radius 3 is 2.62 bits per heavy atom. The van der Waals surface area contributed by atoms with Gasteiger partial charge in [-0.3, -0.25) is 9.78 Å². The molecule has 1 aromatic carbocycles. The monoisotopic (exact) mass is 358 g/mol. The molecule has 0 saturated carbocycles. The van der Waals surface area contributed by atoms with E-state index in [4.69, 9.17) is 11.6 Å². The van der Waals surface area contributed by atoms with Gasteiger partial charge in [-0.1, -0.05) is 23.7 Å².